The number of fused-ring (bicyclic) bond motifs is 1. The molecule has 0 radical (unpaired) electrons. The molecule has 1 aromatic heterocycles. The van der Waals surface area contributed by atoms with Crippen LogP contribution in [0.25, 0.3) is 11.0 Å². The number of aromatic amines is 1. The maximum Gasteiger partial charge on any atom is 0.114 e. The van der Waals surface area contributed by atoms with E-state index < -0.39 is 0 Å². The molecule has 3 heteroatoms. The highest BCUT2D eigenvalue weighted by Crippen LogP contribution is 2.39. The molecule has 1 fully saturated rings. The zero-order valence-electron chi connectivity index (χ0n) is 11.0. The lowest BCUT2D eigenvalue weighted by Gasteiger charge is -2.24. The van der Waals surface area contributed by atoms with Crippen molar-refractivity contribution >= 4 is 11.0 Å². The van der Waals surface area contributed by atoms with Gasteiger partial charge in [0.1, 0.15) is 5.82 Å². The first-order valence-corrected chi connectivity index (χ1v) is 6.96. The van der Waals surface area contributed by atoms with E-state index in [0.717, 1.165) is 23.3 Å². The van der Waals surface area contributed by atoms with Crippen molar-refractivity contribution in [3.63, 3.8) is 0 Å². The van der Waals surface area contributed by atoms with Crippen molar-refractivity contribution in [2.45, 2.75) is 44.4 Å². The van der Waals surface area contributed by atoms with Crippen LogP contribution in [0.5, 0.6) is 0 Å². The summed E-state index contributed by atoms with van der Waals surface area (Å²) in [6.45, 7) is 2.88. The molecular weight excluding hydrogens is 222 g/mol. The number of nitrogens with zero attached hydrogens (tertiary/aromatic N) is 1. The maximum absolute atomic E-state index is 6.02. The van der Waals surface area contributed by atoms with Crippen molar-refractivity contribution in [2.24, 2.45) is 5.73 Å². The Morgan fingerprint density at radius 3 is 2.78 bits per heavy atom. The van der Waals surface area contributed by atoms with Crippen LogP contribution in [-0.4, -0.2) is 16.5 Å². The molecule has 0 unspecified atom stereocenters. The molecule has 3 N–H and O–H groups in total. The summed E-state index contributed by atoms with van der Waals surface area (Å²) in [5.41, 5.74) is 9.70. The topological polar surface area (TPSA) is 54.7 Å². The summed E-state index contributed by atoms with van der Waals surface area (Å²) >= 11 is 0. The van der Waals surface area contributed by atoms with Crippen LogP contribution in [0.4, 0.5) is 0 Å². The molecule has 0 amide bonds. The van der Waals surface area contributed by atoms with Crippen molar-refractivity contribution in [2.75, 3.05) is 6.54 Å². The number of aromatic nitrogens is 2. The highest BCUT2D eigenvalue weighted by atomic mass is 15.0. The van der Waals surface area contributed by atoms with E-state index in [2.05, 4.69) is 30.1 Å². The van der Waals surface area contributed by atoms with E-state index in [1.807, 2.05) is 0 Å². The Balaban J connectivity index is 2.07. The van der Waals surface area contributed by atoms with Gasteiger partial charge in [0.05, 0.1) is 11.0 Å². The van der Waals surface area contributed by atoms with Gasteiger partial charge in [-0.3, -0.25) is 0 Å². The number of hydrogen-bond acceptors (Lipinski definition) is 2. The summed E-state index contributed by atoms with van der Waals surface area (Å²) in [5.74, 6) is 1.10. The minimum absolute atomic E-state index is 0.103. The number of nitrogens with one attached hydrogen (secondary N) is 1. The highest BCUT2D eigenvalue weighted by Gasteiger charge is 2.37. The number of benzene rings is 1. The Morgan fingerprint density at radius 2 is 2.11 bits per heavy atom. The number of rotatable bonds is 3. The zero-order chi connectivity index (χ0) is 12.6. The molecule has 1 aliphatic carbocycles. The minimum Gasteiger partial charge on any atom is -0.341 e. The summed E-state index contributed by atoms with van der Waals surface area (Å²) in [6, 6.07) is 6.50. The van der Waals surface area contributed by atoms with Gasteiger partial charge in [-0.25, -0.2) is 4.98 Å². The van der Waals surface area contributed by atoms with Gasteiger partial charge in [-0.15, -0.1) is 0 Å². The zero-order valence-corrected chi connectivity index (χ0v) is 11.0. The second-order valence-corrected chi connectivity index (χ2v) is 5.48. The fourth-order valence-electron chi connectivity index (χ4n) is 3.12. The van der Waals surface area contributed by atoms with Gasteiger partial charge in [-0.05, 0) is 37.0 Å². The monoisotopic (exact) mass is 243 g/mol. The molecule has 96 valence electrons. The predicted molar refractivity (Wildman–Crippen MR) is 74.7 cm³/mol. The van der Waals surface area contributed by atoms with E-state index >= 15 is 0 Å². The van der Waals surface area contributed by atoms with Gasteiger partial charge in [0, 0.05) is 12.0 Å². The van der Waals surface area contributed by atoms with Crippen LogP contribution in [0.1, 0.15) is 44.0 Å². The SMILES string of the molecule is CCc1ccc2nc(C3(CN)CCCC3)[nH]c2c1. The Labute approximate surface area is 108 Å². The Kier molecular flexibility index (Phi) is 2.86. The van der Waals surface area contributed by atoms with Crippen molar-refractivity contribution in [3.8, 4) is 0 Å². The fourth-order valence-corrected chi connectivity index (χ4v) is 3.12. The third-order valence-electron chi connectivity index (χ3n) is 4.41. The van der Waals surface area contributed by atoms with Crippen LogP contribution in [0.2, 0.25) is 0 Å². The molecule has 1 saturated carbocycles. The van der Waals surface area contributed by atoms with Gasteiger partial charge in [-0.2, -0.15) is 0 Å². The Morgan fingerprint density at radius 1 is 1.33 bits per heavy atom. The normalized spacial score (nSPS) is 18.6. The lowest BCUT2D eigenvalue weighted by molar-refractivity contribution is 0.430. The second kappa shape index (κ2) is 4.39. The molecule has 0 saturated heterocycles. The van der Waals surface area contributed by atoms with Gasteiger partial charge >= 0.3 is 0 Å². The van der Waals surface area contributed by atoms with E-state index in [-0.39, 0.29) is 5.41 Å². The first-order valence-electron chi connectivity index (χ1n) is 6.96. The number of imidazole rings is 1. The van der Waals surface area contributed by atoms with Crippen molar-refractivity contribution in [1.29, 1.82) is 0 Å². The van der Waals surface area contributed by atoms with Gasteiger partial charge in [0.15, 0.2) is 0 Å². The number of hydrogen-bond donors (Lipinski definition) is 2. The molecule has 18 heavy (non-hydrogen) atoms. The molecule has 0 bridgehead atoms. The van der Waals surface area contributed by atoms with Gasteiger partial charge in [-0.1, -0.05) is 25.8 Å². The average Bonchev–Trinajstić information content (AvgIpc) is 3.04. The lowest BCUT2D eigenvalue weighted by Crippen LogP contribution is -2.33. The van der Waals surface area contributed by atoms with Crippen LogP contribution in [0.15, 0.2) is 18.2 Å². The summed E-state index contributed by atoms with van der Waals surface area (Å²) < 4.78 is 0. The Hall–Kier alpha value is -1.35. The molecule has 1 aliphatic rings. The van der Waals surface area contributed by atoms with E-state index in [0.29, 0.717) is 6.54 Å². The standard InChI is InChI=1S/C15H21N3/c1-2-11-5-6-12-13(9-11)18-14(17-12)15(10-16)7-3-4-8-15/h5-6,9H,2-4,7-8,10,16H2,1H3,(H,17,18). The third-order valence-corrected chi connectivity index (χ3v) is 4.41. The molecule has 2 aromatic rings. The van der Waals surface area contributed by atoms with Crippen LogP contribution >= 0.6 is 0 Å². The summed E-state index contributed by atoms with van der Waals surface area (Å²) in [4.78, 5) is 8.29. The number of aryl methyl sites for hydroxylation is 1. The molecule has 0 atom stereocenters. The largest absolute Gasteiger partial charge is 0.341 e. The molecule has 3 rings (SSSR count). The van der Waals surface area contributed by atoms with Crippen LogP contribution < -0.4 is 5.73 Å². The molecule has 0 aliphatic heterocycles. The molecule has 0 spiro atoms. The number of nitrogens with two attached hydrogens (primary N) is 1. The third kappa shape index (κ3) is 1.74. The van der Waals surface area contributed by atoms with Crippen LogP contribution in [0.3, 0.4) is 0 Å². The van der Waals surface area contributed by atoms with Crippen LogP contribution in [-0.2, 0) is 11.8 Å². The van der Waals surface area contributed by atoms with E-state index in [1.165, 1.54) is 31.2 Å². The molecule has 3 nitrogen and oxygen atoms in total. The molecular formula is C15H21N3. The second-order valence-electron chi connectivity index (χ2n) is 5.48. The van der Waals surface area contributed by atoms with Crippen LogP contribution in [0, 0.1) is 0 Å². The van der Waals surface area contributed by atoms with E-state index in [1.54, 1.807) is 0 Å². The lowest BCUT2D eigenvalue weighted by atomic mass is 9.85. The maximum atomic E-state index is 6.02. The van der Waals surface area contributed by atoms with Crippen molar-refractivity contribution in [3.05, 3.63) is 29.6 Å². The fraction of sp³-hybridized carbons (Fsp3) is 0.533. The van der Waals surface area contributed by atoms with Gasteiger partial charge < -0.3 is 10.7 Å². The summed E-state index contributed by atoms with van der Waals surface area (Å²) in [5, 5.41) is 0. The smallest absolute Gasteiger partial charge is 0.114 e. The van der Waals surface area contributed by atoms with E-state index in [9.17, 15) is 0 Å². The molecule has 1 aromatic carbocycles. The average molecular weight is 243 g/mol. The first kappa shape index (κ1) is 11.7. The first-order chi connectivity index (χ1) is 8.77. The molecule has 1 heterocycles. The summed E-state index contributed by atoms with van der Waals surface area (Å²) in [7, 11) is 0. The quantitative estimate of drug-likeness (QED) is 0.871. The minimum atomic E-state index is 0.103. The van der Waals surface area contributed by atoms with E-state index in [4.69, 9.17) is 10.7 Å². The highest BCUT2D eigenvalue weighted by molar-refractivity contribution is 5.76. The van der Waals surface area contributed by atoms with Gasteiger partial charge in [0.2, 0.25) is 0 Å². The predicted octanol–water partition coefficient (Wildman–Crippen LogP) is 2.90. The number of H-pyrrole nitrogens is 1. The van der Waals surface area contributed by atoms with Crippen molar-refractivity contribution < 1.29 is 0 Å². The van der Waals surface area contributed by atoms with Gasteiger partial charge in [0.25, 0.3) is 0 Å². The van der Waals surface area contributed by atoms with Crippen molar-refractivity contribution in [1.82, 2.24) is 9.97 Å². The summed E-state index contributed by atoms with van der Waals surface area (Å²) in [6.07, 6.45) is 5.95. The Bertz CT molecular complexity index is 550.